The standard InChI is InChI=1S/C13H14N4O.C2H6/c1-9-5-15-17-8-10(4-12(18-3)13(9)17)11-6-14-16(2)7-11;1-2/h4-8H,1-3H3;1-2H3. The number of nitrogens with zero attached hydrogens (tertiary/aromatic N) is 4. The first kappa shape index (κ1) is 14.1. The fourth-order valence-electron chi connectivity index (χ4n) is 2.12. The number of ether oxygens (including phenoxy) is 1. The Balaban J connectivity index is 0.000000704. The molecule has 0 fully saturated rings. The molecule has 3 rings (SSSR count). The summed E-state index contributed by atoms with van der Waals surface area (Å²) in [7, 11) is 3.58. The molecule has 0 aliphatic carbocycles. The molecule has 0 bridgehead atoms. The molecule has 0 aliphatic heterocycles. The Hall–Kier alpha value is -2.30. The molecule has 0 aromatic carbocycles. The molecule has 0 spiro atoms. The van der Waals surface area contributed by atoms with Crippen LogP contribution in [0.2, 0.25) is 0 Å². The summed E-state index contributed by atoms with van der Waals surface area (Å²) >= 11 is 0. The number of fused-ring (bicyclic) bond motifs is 1. The lowest BCUT2D eigenvalue weighted by Crippen LogP contribution is -1.93. The van der Waals surface area contributed by atoms with Gasteiger partial charge in [0.2, 0.25) is 0 Å². The van der Waals surface area contributed by atoms with Crippen LogP contribution in [0.5, 0.6) is 5.75 Å². The molecule has 0 radical (unpaired) electrons. The number of aromatic nitrogens is 4. The Bertz CT molecular complexity index is 712. The van der Waals surface area contributed by atoms with E-state index in [1.54, 1.807) is 11.8 Å². The smallest absolute Gasteiger partial charge is 0.145 e. The van der Waals surface area contributed by atoms with Crippen molar-refractivity contribution in [1.29, 1.82) is 0 Å². The van der Waals surface area contributed by atoms with E-state index < -0.39 is 0 Å². The van der Waals surface area contributed by atoms with Gasteiger partial charge in [0.25, 0.3) is 0 Å². The second kappa shape index (κ2) is 5.77. The Kier molecular flexibility index (Phi) is 4.08. The highest BCUT2D eigenvalue weighted by Crippen LogP contribution is 2.29. The summed E-state index contributed by atoms with van der Waals surface area (Å²) in [5, 5.41) is 8.51. The van der Waals surface area contributed by atoms with Crippen LogP contribution in [0.15, 0.2) is 30.9 Å². The maximum atomic E-state index is 5.45. The van der Waals surface area contributed by atoms with Crippen molar-refractivity contribution < 1.29 is 4.74 Å². The number of hydrogen-bond acceptors (Lipinski definition) is 3. The van der Waals surface area contributed by atoms with Crippen molar-refractivity contribution in [2.45, 2.75) is 20.8 Å². The summed E-state index contributed by atoms with van der Waals surface area (Å²) in [6, 6.07) is 2.01. The zero-order valence-electron chi connectivity index (χ0n) is 12.6. The van der Waals surface area contributed by atoms with Gasteiger partial charge in [0.15, 0.2) is 0 Å². The summed E-state index contributed by atoms with van der Waals surface area (Å²) in [5.74, 6) is 0.825. The van der Waals surface area contributed by atoms with Crippen molar-refractivity contribution >= 4 is 5.52 Å². The Morgan fingerprint density at radius 1 is 1.05 bits per heavy atom. The molecule has 0 N–H and O–H groups in total. The quantitative estimate of drug-likeness (QED) is 0.720. The minimum absolute atomic E-state index is 0.825. The van der Waals surface area contributed by atoms with Crippen molar-refractivity contribution in [1.82, 2.24) is 19.4 Å². The van der Waals surface area contributed by atoms with Gasteiger partial charge in [-0.25, -0.2) is 4.52 Å². The molecule has 0 amide bonds. The van der Waals surface area contributed by atoms with Gasteiger partial charge in [-0.3, -0.25) is 4.68 Å². The molecule has 0 saturated heterocycles. The van der Waals surface area contributed by atoms with Crippen LogP contribution in [0.3, 0.4) is 0 Å². The summed E-state index contributed by atoms with van der Waals surface area (Å²) in [6.45, 7) is 6.02. The molecule has 0 aliphatic rings. The number of pyridine rings is 1. The van der Waals surface area contributed by atoms with E-state index in [9.17, 15) is 0 Å². The van der Waals surface area contributed by atoms with E-state index in [1.807, 2.05) is 63.2 Å². The molecule has 0 saturated carbocycles. The van der Waals surface area contributed by atoms with Crippen LogP contribution in [0.1, 0.15) is 19.4 Å². The predicted octanol–water partition coefficient (Wildman–Crippen LogP) is 3.08. The SMILES string of the molecule is CC.COc1cc(-c2cnn(C)c2)cn2ncc(C)c12. The van der Waals surface area contributed by atoms with Gasteiger partial charge in [-0.1, -0.05) is 13.8 Å². The van der Waals surface area contributed by atoms with Crippen LogP contribution >= 0.6 is 0 Å². The number of hydrogen-bond donors (Lipinski definition) is 0. The van der Waals surface area contributed by atoms with Crippen molar-refractivity contribution in [3.63, 3.8) is 0 Å². The van der Waals surface area contributed by atoms with Gasteiger partial charge < -0.3 is 4.74 Å². The summed E-state index contributed by atoms with van der Waals surface area (Å²) in [5.41, 5.74) is 4.19. The van der Waals surface area contributed by atoms with E-state index in [1.165, 1.54) is 0 Å². The zero-order valence-corrected chi connectivity index (χ0v) is 12.6. The highest BCUT2D eigenvalue weighted by atomic mass is 16.5. The van der Waals surface area contributed by atoms with E-state index in [0.717, 1.165) is 28.0 Å². The minimum atomic E-state index is 0.825. The molecule has 5 nitrogen and oxygen atoms in total. The molecule has 3 aromatic heterocycles. The molecular weight excluding hydrogens is 252 g/mol. The summed E-state index contributed by atoms with van der Waals surface area (Å²) < 4.78 is 9.07. The maximum absolute atomic E-state index is 5.45. The third-order valence-corrected chi connectivity index (χ3v) is 3.02. The lowest BCUT2D eigenvalue weighted by atomic mass is 10.1. The lowest BCUT2D eigenvalue weighted by molar-refractivity contribution is 0.417. The molecule has 20 heavy (non-hydrogen) atoms. The van der Waals surface area contributed by atoms with E-state index >= 15 is 0 Å². The van der Waals surface area contributed by atoms with E-state index in [2.05, 4.69) is 10.2 Å². The van der Waals surface area contributed by atoms with Gasteiger partial charge in [0, 0.05) is 30.6 Å². The second-order valence-electron chi connectivity index (χ2n) is 4.32. The van der Waals surface area contributed by atoms with Crippen LogP contribution in [0.25, 0.3) is 16.6 Å². The van der Waals surface area contributed by atoms with Crippen molar-refractivity contribution in [3.8, 4) is 16.9 Å². The van der Waals surface area contributed by atoms with Crippen LogP contribution in [-0.2, 0) is 7.05 Å². The molecule has 106 valence electrons. The van der Waals surface area contributed by atoms with Crippen LogP contribution < -0.4 is 4.74 Å². The van der Waals surface area contributed by atoms with E-state index in [4.69, 9.17) is 4.74 Å². The Morgan fingerprint density at radius 2 is 1.80 bits per heavy atom. The van der Waals surface area contributed by atoms with Gasteiger partial charge in [-0.15, -0.1) is 0 Å². The van der Waals surface area contributed by atoms with Crippen LogP contribution in [-0.4, -0.2) is 26.5 Å². The van der Waals surface area contributed by atoms with Gasteiger partial charge in [0.1, 0.15) is 11.3 Å². The fraction of sp³-hybridized carbons (Fsp3) is 0.333. The van der Waals surface area contributed by atoms with Gasteiger partial charge in [0.05, 0.1) is 19.5 Å². The molecule has 5 heteroatoms. The normalized spacial score (nSPS) is 10.2. The molecule has 3 aromatic rings. The van der Waals surface area contributed by atoms with Crippen LogP contribution in [0, 0.1) is 6.92 Å². The largest absolute Gasteiger partial charge is 0.494 e. The average Bonchev–Trinajstić information content (AvgIpc) is 3.07. The predicted molar refractivity (Wildman–Crippen MR) is 80.0 cm³/mol. The topological polar surface area (TPSA) is 44.4 Å². The van der Waals surface area contributed by atoms with Crippen molar-refractivity contribution in [2.75, 3.05) is 7.11 Å². The Labute approximate surface area is 118 Å². The first-order valence-corrected chi connectivity index (χ1v) is 6.70. The van der Waals surface area contributed by atoms with Crippen molar-refractivity contribution in [3.05, 3.63) is 36.4 Å². The third kappa shape index (κ3) is 2.39. The lowest BCUT2D eigenvalue weighted by Gasteiger charge is -2.06. The first-order valence-electron chi connectivity index (χ1n) is 6.70. The minimum Gasteiger partial charge on any atom is -0.494 e. The molecule has 3 heterocycles. The van der Waals surface area contributed by atoms with E-state index in [-0.39, 0.29) is 0 Å². The summed E-state index contributed by atoms with van der Waals surface area (Å²) in [6.07, 6.45) is 7.63. The van der Waals surface area contributed by atoms with Gasteiger partial charge >= 0.3 is 0 Å². The second-order valence-corrected chi connectivity index (χ2v) is 4.32. The van der Waals surface area contributed by atoms with E-state index in [0.29, 0.717) is 0 Å². The molecular formula is C15H20N4O. The average molecular weight is 272 g/mol. The maximum Gasteiger partial charge on any atom is 0.145 e. The molecule has 0 unspecified atom stereocenters. The number of rotatable bonds is 2. The molecule has 0 atom stereocenters. The first-order chi connectivity index (χ1) is 9.69. The number of aryl methyl sites for hydroxylation is 2. The van der Waals surface area contributed by atoms with Gasteiger partial charge in [-0.05, 0) is 18.6 Å². The highest BCUT2D eigenvalue weighted by molar-refractivity contribution is 5.72. The summed E-state index contributed by atoms with van der Waals surface area (Å²) in [4.78, 5) is 0. The Morgan fingerprint density at radius 3 is 2.40 bits per heavy atom. The third-order valence-electron chi connectivity index (χ3n) is 3.02. The van der Waals surface area contributed by atoms with Gasteiger partial charge in [-0.2, -0.15) is 10.2 Å². The highest BCUT2D eigenvalue weighted by Gasteiger charge is 2.10. The van der Waals surface area contributed by atoms with Crippen molar-refractivity contribution in [2.24, 2.45) is 7.05 Å². The zero-order chi connectivity index (χ0) is 14.7. The number of methoxy groups -OCH3 is 1. The van der Waals surface area contributed by atoms with Crippen LogP contribution in [0.4, 0.5) is 0 Å². The fourth-order valence-corrected chi connectivity index (χ4v) is 2.12. The monoisotopic (exact) mass is 272 g/mol.